The van der Waals surface area contributed by atoms with Crippen LogP contribution in [0.3, 0.4) is 0 Å². The van der Waals surface area contributed by atoms with Crippen molar-refractivity contribution in [2.45, 2.75) is 51.4 Å². The fraction of sp³-hybridized carbons (Fsp3) is 0.429. The maximum atomic E-state index is 4.04. The number of hydrogen-bond donors (Lipinski definition) is 0. The standard InChI is InChI=1S/C21H30/c1-5-9-10-11-15-18-20(19-16-13-12-14-17-19)21(6-2,7-3)8-4/h6-8,12-14,16-17,20H,2-5,9-11,15,18H2,1H3. The molecule has 0 aliphatic heterocycles. The predicted molar refractivity (Wildman–Crippen MR) is 95.6 cm³/mol. The van der Waals surface area contributed by atoms with E-state index in [1.54, 1.807) is 0 Å². The molecule has 1 aromatic rings. The Labute approximate surface area is 131 Å². The summed E-state index contributed by atoms with van der Waals surface area (Å²) in [6, 6.07) is 10.7. The average molecular weight is 282 g/mol. The highest BCUT2D eigenvalue weighted by atomic mass is 14.3. The number of benzene rings is 1. The molecule has 0 radical (unpaired) electrons. The Balaban J connectivity index is 2.87. The van der Waals surface area contributed by atoms with Crippen molar-refractivity contribution in [3.05, 3.63) is 73.9 Å². The molecule has 114 valence electrons. The van der Waals surface area contributed by atoms with Crippen molar-refractivity contribution in [3.63, 3.8) is 0 Å². The summed E-state index contributed by atoms with van der Waals surface area (Å²) in [4.78, 5) is 0. The van der Waals surface area contributed by atoms with Gasteiger partial charge in [0.05, 0.1) is 0 Å². The number of hydrogen-bond acceptors (Lipinski definition) is 0. The molecule has 0 fully saturated rings. The molecule has 0 bridgehead atoms. The summed E-state index contributed by atoms with van der Waals surface area (Å²) in [6.07, 6.45) is 13.7. The van der Waals surface area contributed by atoms with Gasteiger partial charge in [0, 0.05) is 5.41 Å². The second-order valence-electron chi connectivity index (χ2n) is 5.78. The molecule has 1 atom stereocenters. The molecule has 0 nitrogen and oxygen atoms in total. The lowest BCUT2D eigenvalue weighted by Crippen LogP contribution is -2.22. The monoisotopic (exact) mass is 282 g/mol. The van der Waals surface area contributed by atoms with Crippen LogP contribution in [-0.2, 0) is 0 Å². The van der Waals surface area contributed by atoms with Crippen LogP contribution >= 0.6 is 0 Å². The Morgan fingerprint density at radius 2 is 1.48 bits per heavy atom. The summed E-state index contributed by atoms with van der Waals surface area (Å²) >= 11 is 0. The largest absolute Gasteiger partial charge is 0.102 e. The van der Waals surface area contributed by atoms with Crippen LogP contribution in [0.5, 0.6) is 0 Å². The summed E-state index contributed by atoms with van der Waals surface area (Å²) in [6.45, 7) is 14.4. The van der Waals surface area contributed by atoms with Crippen LogP contribution in [0, 0.1) is 5.41 Å². The first-order valence-corrected chi connectivity index (χ1v) is 8.19. The van der Waals surface area contributed by atoms with Gasteiger partial charge in [0.15, 0.2) is 0 Å². The molecule has 0 N–H and O–H groups in total. The van der Waals surface area contributed by atoms with Gasteiger partial charge in [-0.2, -0.15) is 0 Å². The first-order valence-electron chi connectivity index (χ1n) is 8.19. The van der Waals surface area contributed by atoms with Crippen molar-refractivity contribution in [1.29, 1.82) is 0 Å². The van der Waals surface area contributed by atoms with E-state index in [2.05, 4.69) is 57.0 Å². The van der Waals surface area contributed by atoms with Gasteiger partial charge in [-0.15, -0.1) is 19.7 Å². The second-order valence-corrected chi connectivity index (χ2v) is 5.78. The lowest BCUT2D eigenvalue weighted by molar-refractivity contribution is 0.427. The van der Waals surface area contributed by atoms with E-state index in [1.165, 1.54) is 37.7 Å². The molecule has 0 aliphatic carbocycles. The van der Waals surface area contributed by atoms with E-state index in [4.69, 9.17) is 0 Å². The van der Waals surface area contributed by atoms with E-state index in [0.29, 0.717) is 5.92 Å². The van der Waals surface area contributed by atoms with Gasteiger partial charge in [-0.25, -0.2) is 0 Å². The summed E-state index contributed by atoms with van der Waals surface area (Å²) in [7, 11) is 0. The Bertz CT molecular complexity index is 405. The number of allylic oxidation sites excluding steroid dienone is 3. The van der Waals surface area contributed by atoms with Gasteiger partial charge in [-0.1, -0.05) is 87.6 Å². The topological polar surface area (TPSA) is 0 Å². The van der Waals surface area contributed by atoms with Crippen LogP contribution in [0.2, 0.25) is 0 Å². The van der Waals surface area contributed by atoms with E-state index < -0.39 is 0 Å². The highest BCUT2D eigenvalue weighted by Crippen LogP contribution is 2.42. The van der Waals surface area contributed by atoms with Crippen LogP contribution in [0.4, 0.5) is 0 Å². The highest BCUT2D eigenvalue weighted by Gasteiger charge is 2.30. The van der Waals surface area contributed by atoms with Crippen LogP contribution < -0.4 is 0 Å². The minimum absolute atomic E-state index is 0.216. The lowest BCUT2D eigenvalue weighted by Gasteiger charge is -2.34. The summed E-state index contributed by atoms with van der Waals surface area (Å²) < 4.78 is 0. The Morgan fingerprint density at radius 3 is 2.00 bits per heavy atom. The van der Waals surface area contributed by atoms with Crippen molar-refractivity contribution in [2.24, 2.45) is 5.41 Å². The van der Waals surface area contributed by atoms with Crippen molar-refractivity contribution in [2.75, 3.05) is 0 Å². The number of rotatable bonds is 11. The van der Waals surface area contributed by atoms with Crippen LogP contribution in [0.25, 0.3) is 0 Å². The maximum absolute atomic E-state index is 4.04. The van der Waals surface area contributed by atoms with Crippen molar-refractivity contribution >= 4 is 0 Å². The van der Waals surface area contributed by atoms with Gasteiger partial charge in [0.25, 0.3) is 0 Å². The molecule has 1 rings (SSSR count). The van der Waals surface area contributed by atoms with Crippen LogP contribution in [0.1, 0.15) is 56.9 Å². The molecule has 0 heterocycles. The molecular formula is C21H30. The van der Waals surface area contributed by atoms with E-state index in [-0.39, 0.29) is 5.41 Å². The van der Waals surface area contributed by atoms with Crippen molar-refractivity contribution in [1.82, 2.24) is 0 Å². The zero-order valence-electron chi connectivity index (χ0n) is 13.6. The first kappa shape index (κ1) is 17.5. The second kappa shape index (κ2) is 9.39. The van der Waals surface area contributed by atoms with Gasteiger partial charge < -0.3 is 0 Å². The van der Waals surface area contributed by atoms with Crippen molar-refractivity contribution < 1.29 is 0 Å². The molecular weight excluding hydrogens is 252 g/mol. The average Bonchev–Trinajstić information content (AvgIpc) is 2.55. The molecule has 0 saturated heterocycles. The SMILES string of the molecule is C=CC(C=C)(C=C)C(CCCCCCC)c1ccccc1. The molecule has 0 heteroatoms. The molecule has 21 heavy (non-hydrogen) atoms. The minimum Gasteiger partial charge on any atom is -0.102 e. The molecule has 0 saturated carbocycles. The molecule has 0 aromatic heterocycles. The summed E-state index contributed by atoms with van der Waals surface area (Å²) in [5.74, 6) is 0.382. The zero-order valence-corrected chi connectivity index (χ0v) is 13.6. The van der Waals surface area contributed by atoms with Crippen LogP contribution in [0.15, 0.2) is 68.3 Å². The Hall–Kier alpha value is -1.56. The van der Waals surface area contributed by atoms with Gasteiger partial charge in [-0.05, 0) is 17.9 Å². The zero-order chi connectivity index (χ0) is 15.6. The predicted octanol–water partition coefficient (Wildman–Crippen LogP) is 6.68. The molecule has 0 amide bonds. The first-order chi connectivity index (χ1) is 10.2. The van der Waals surface area contributed by atoms with Gasteiger partial charge >= 0.3 is 0 Å². The van der Waals surface area contributed by atoms with Crippen molar-refractivity contribution in [3.8, 4) is 0 Å². The molecule has 0 spiro atoms. The highest BCUT2D eigenvalue weighted by molar-refractivity contribution is 5.31. The summed E-state index contributed by atoms with van der Waals surface area (Å²) in [5.41, 5.74) is 1.14. The number of unbranched alkanes of at least 4 members (excludes halogenated alkanes) is 4. The minimum atomic E-state index is -0.216. The molecule has 1 unspecified atom stereocenters. The summed E-state index contributed by atoms with van der Waals surface area (Å²) in [5, 5.41) is 0. The Morgan fingerprint density at radius 1 is 0.905 bits per heavy atom. The lowest BCUT2D eigenvalue weighted by atomic mass is 9.70. The fourth-order valence-electron chi connectivity index (χ4n) is 3.02. The maximum Gasteiger partial charge on any atom is 0.0302 e. The molecule has 1 aromatic carbocycles. The fourth-order valence-corrected chi connectivity index (χ4v) is 3.02. The molecule has 0 aliphatic rings. The smallest absolute Gasteiger partial charge is 0.0302 e. The van der Waals surface area contributed by atoms with E-state index in [0.717, 1.165) is 6.42 Å². The third kappa shape index (κ3) is 4.74. The van der Waals surface area contributed by atoms with Gasteiger partial charge in [-0.3, -0.25) is 0 Å². The van der Waals surface area contributed by atoms with Crippen LogP contribution in [-0.4, -0.2) is 0 Å². The normalized spacial score (nSPS) is 12.6. The van der Waals surface area contributed by atoms with E-state index >= 15 is 0 Å². The van der Waals surface area contributed by atoms with Gasteiger partial charge in [0.2, 0.25) is 0 Å². The van der Waals surface area contributed by atoms with Gasteiger partial charge in [0.1, 0.15) is 0 Å². The van der Waals surface area contributed by atoms with E-state index in [1.807, 2.05) is 18.2 Å². The quantitative estimate of drug-likeness (QED) is 0.314. The Kier molecular flexibility index (Phi) is 7.82. The van der Waals surface area contributed by atoms with E-state index in [9.17, 15) is 0 Å². The third-order valence-electron chi connectivity index (χ3n) is 4.46. The third-order valence-corrected chi connectivity index (χ3v) is 4.46.